The van der Waals surface area contributed by atoms with Crippen LogP contribution in [0.1, 0.15) is 6.92 Å². The Morgan fingerprint density at radius 1 is 1.27 bits per heavy atom. The average molecular weight is 225 g/mol. The number of hydrogen-bond acceptors (Lipinski definition) is 2. The Bertz CT molecular complexity index is 416. The third-order valence-corrected chi connectivity index (χ3v) is 2.47. The van der Waals surface area contributed by atoms with Crippen LogP contribution in [0.2, 0.25) is 5.02 Å². The van der Waals surface area contributed by atoms with Crippen LogP contribution in [0.25, 0.3) is 0 Å². The maximum Gasteiger partial charge on any atom is 0.329 e. The number of nitrogens with one attached hydrogen (secondary N) is 1. The molecule has 1 aliphatic rings. The van der Waals surface area contributed by atoms with E-state index in [1.807, 2.05) is 0 Å². The predicted molar refractivity (Wildman–Crippen MR) is 56.9 cm³/mol. The first-order valence-electron chi connectivity index (χ1n) is 4.49. The minimum atomic E-state index is -0.465. The zero-order valence-electron chi connectivity index (χ0n) is 8.03. The molecule has 1 fully saturated rings. The second kappa shape index (κ2) is 3.55. The lowest BCUT2D eigenvalue weighted by Gasteiger charge is -2.12. The molecule has 4 nitrogen and oxygen atoms in total. The van der Waals surface area contributed by atoms with E-state index in [2.05, 4.69) is 5.32 Å². The summed E-state index contributed by atoms with van der Waals surface area (Å²) in [6, 6.07) is 5.69. The molecule has 15 heavy (non-hydrogen) atoms. The summed E-state index contributed by atoms with van der Waals surface area (Å²) in [6.45, 7) is 1.65. The third-order valence-electron chi connectivity index (χ3n) is 2.22. The predicted octanol–water partition coefficient (Wildman–Crippen LogP) is 1.78. The van der Waals surface area contributed by atoms with E-state index in [9.17, 15) is 9.59 Å². The Morgan fingerprint density at radius 3 is 2.33 bits per heavy atom. The summed E-state index contributed by atoms with van der Waals surface area (Å²) in [5.74, 6) is -0.248. The maximum atomic E-state index is 11.6. The average Bonchev–Trinajstić information content (AvgIpc) is 2.44. The molecule has 0 aliphatic carbocycles. The second-order valence-electron chi connectivity index (χ2n) is 3.32. The first-order valence-corrected chi connectivity index (χ1v) is 4.87. The Balaban J connectivity index is 2.35. The van der Waals surface area contributed by atoms with Gasteiger partial charge < -0.3 is 5.32 Å². The van der Waals surface area contributed by atoms with Gasteiger partial charge in [-0.15, -0.1) is 0 Å². The molecule has 1 aromatic carbocycles. The van der Waals surface area contributed by atoms with Gasteiger partial charge in [-0.2, -0.15) is 0 Å². The molecule has 1 saturated heterocycles. The molecule has 0 spiro atoms. The number of urea groups is 1. The van der Waals surface area contributed by atoms with Gasteiger partial charge >= 0.3 is 6.03 Å². The van der Waals surface area contributed by atoms with Crippen molar-refractivity contribution in [1.82, 2.24) is 5.32 Å². The monoisotopic (exact) mass is 224 g/mol. The van der Waals surface area contributed by atoms with Gasteiger partial charge in [0.1, 0.15) is 6.04 Å². The van der Waals surface area contributed by atoms with Crippen LogP contribution in [0.3, 0.4) is 0 Å². The lowest BCUT2D eigenvalue weighted by atomic mass is 10.2. The Hall–Kier alpha value is -1.55. The molecule has 0 bridgehead atoms. The van der Waals surface area contributed by atoms with E-state index in [0.29, 0.717) is 10.7 Å². The SMILES string of the molecule is CC1NC(=O)N(c2ccc(Cl)cc2)C1=O. The highest BCUT2D eigenvalue weighted by Gasteiger charge is 2.35. The summed E-state index contributed by atoms with van der Waals surface area (Å²) in [7, 11) is 0. The first-order chi connectivity index (χ1) is 7.09. The Kier molecular flexibility index (Phi) is 2.36. The largest absolute Gasteiger partial charge is 0.329 e. The van der Waals surface area contributed by atoms with Crippen LogP contribution in [0.15, 0.2) is 24.3 Å². The van der Waals surface area contributed by atoms with Crippen LogP contribution < -0.4 is 10.2 Å². The minimum Gasteiger partial charge on any atom is -0.326 e. The van der Waals surface area contributed by atoms with Crippen molar-refractivity contribution in [3.8, 4) is 0 Å². The van der Waals surface area contributed by atoms with E-state index in [4.69, 9.17) is 11.6 Å². The molecule has 5 heteroatoms. The van der Waals surface area contributed by atoms with Crippen LogP contribution >= 0.6 is 11.6 Å². The summed E-state index contributed by atoms with van der Waals surface area (Å²) >= 11 is 5.72. The second-order valence-corrected chi connectivity index (χ2v) is 3.76. The molecule has 1 aliphatic heterocycles. The van der Waals surface area contributed by atoms with E-state index in [0.717, 1.165) is 4.90 Å². The van der Waals surface area contributed by atoms with E-state index < -0.39 is 12.1 Å². The molecule has 2 rings (SSSR count). The van der Waals surface area contributed by atoms with Crippen molar-refractivity contribution in [3.05, 3.63) is 29.3 Å². The number of carbonyl (C=O) groups excluding carboxylic acids is 2. The molecule has 0 saturated carbocycles. The zero-order chi connectivity index (χ0) is 11.0. The Labute approximate surface area is 91.8 Å². The molecule has 1 aromatic rings. The van der Waals surface area contributed by atoms with E-state index in [-0.39, 0.29) is 5.91 Å². The number of imide groups is 1. The summed E-state index contributed by atoms with van der Waals surface area (Å²) < 4.78 is 0. The van der Waals surface area contributed by atoms with Gasteiger partial charge in [-0.1, -0.05) is 11.6 Å². The molecule has 1 unspecified atom stereocenters. The molecular weight excluding hydrogens is 216 g/mol. The van der Waals surface area contributed by atoms with Crippen molar-refractivity contribution in [3.63, 3.8) is 0 Å². The van der Waals surface area contributed by atoms with Crippen LogP contribution in [-0.4, -0.2) is 18.0 Å². The van der Waals surface area contributed by atoms with Crippen molar-refractivity contribution in [1.29, 1.82) is 0 Å². The van der Waals surface area contributed by atoms with E-state index >= 15 is 0 Å². The minimum absolute atomic E-state index is 0.248. The van der Waals surface area contributed by atoms with Gasteiger partial charge in [-0.3, -0.25) is 4.79 Å². The third kappa shape index (κ3) is 1.68. The van der Waals surface area contributed by atoms with Crippen molar-refractivity contribution in [2.75, 3.05) is 4.90 Å². The van der Waals surface area contributed by atoms with Gasteiger partial charge in [0.05, 0.1) is 5.69 Å². The van der Waals surface area contributed by atoms with Gasteiger partial charge in [0, 0.05) is 5.02 Å². The van der Waals surface area contributed by atoms with Crippen LogP contribution in [-0.2, 0) is 4.79 Å². The Morgan fingerprint density at radius 2 is 1.87 bits per heavy atom. The fourth-order valence-electron chi connectivity index (χ4n) is 1.44. The van der Waals surface area contributed by atoms with Crippen LogP contribution in [0.4, 0.5) is 10.5 Å². The fourth-order valence-corrected chi connectivity index (χ4v) is 1.57. The number of rotatable bonds is 1. The van der Waals surface area contributed by atoms with E-state index in [1.165, 1.54) is 0 Å². The molecular formula is C10H9ClN2O2. The highest BCUT2D eigenvalue weighted by Crippen LogP contribution is 2.21. The normalized spacial score (nSPS) is 20.7. The standard InChI is InChI=1S/C10H9ClN2O2/c1-6-9(14)13(10(15)12-6)8-4-2-7(11)3-5-8/h2-6H,1H3,(H,12,15). The molecule has 0 aromatic heterocycles. The molecule has 0 radical (unpaired) electrons. The zero-order valence-corrected chi connectivity index (χ0v) is 8.78. The van der Waals surface area contributed by atoms with Crippen molar-refractivity contribution >= 4 is 29.2 Å². The van der Waals surface area contributed by atoms with Gasteiger partial charge in [0.2, 0.25) is 0 Å². The summed E-state index contributed by atoms with van der Waals surface area (Å²) in [4.78, 5) is 24.2. The molecule has 1 heterocycles. The van der Waals surface area contributed by atoms with E-state index in [1.54, 1.807) is 31.2 Å². The summed E-state index contributed by atoms with van der Waals surface area (Å²) in [5, 5.41) is 3.10. The number of halogens is 1. The highest BCUT2D eigenvalue weighted by molar-refractivity contribution is 6.30. The number of benzene rings is 1. The van der Waals surface area contributed by atoms with Gasteiger partial charge in [-0.05, 0) is 31.2 Å². The quantitative estimate of drug-likeness (QED) is 0.740. The van der Waals surface area contributed by atoms with Crippen molar-refractivity contribution < 1.29 is 9.59 Å². The fraction of sp³-hybridized carbons (Fsp3) is 0.200. The summed E-state index contributed by atoms with van der Waals surface area (Å²) in [5.41, 5.74) is 0.534. The summed E-state index contributed by atoms with van der Waals surface area (Å²) in [6.07, 6.45) is 0. The topological polar surface area (TPSA) is 49.4 Å². The van der Waals surface area contributed by atoms with Gasteiger partial charge in [-0.25, -0.2) is 9.69 Å². The number of hydrogen-bond donors (Lipinski definition) is 1. The molecule has 78 valence electrons. The van der Waals surface area contributed by atoms with Gasteiger partial charge in [0.25, 0.3) is 5.91 Å². The smallest absolute Gasteiger partial charge is 0.326 e. The molecule has 3 amide bonds. The molecule has 1 atom stereocenters. The molecule has 1 N–H and O–H groups in total. The van der Waals surface area contributed by atoms with Crippen molar-refractivity contribution in [2.45, 2.75) is 13.0 Å². The van der Waals surface area contributed by atoms with Gasteiger partial charge in [0.15, 0.2) is 0 Å². The number of amides is 3. The number of carbonyl (C=O) groups is 2. The number of nitrogens with zero attached hydrogens (tertiary/aromatic N) is 1. The van der Waals surface area contributed by atoms with Crippen LogP contribution in [0, 0.1) is 0 Å². The first kappa shape index (κ1) is 9.98. The lowest BCUT2D eigenvalue weighted by Crippen LogP contribution is -2.30. The lowest BCUT2D eigenvalue weighted by molar-refractivity contribution is -0.117. The van der Waals surface area contributed by atoms with Crippen molar-refractivity contribution in [2.24, 2.45) is 0 Å². The van der Waals surface area contributed by atoms with Crippen LogP contribution in [0.5, 0.6) is 0 Å². The highest BCUT2D eigenvalue weighted by atomic mass is 35.5. The number of anilines is 1. The maximum absolute atomic E-state index is 11.6.